The first-order valence-corrected chi connectivity index (χ1v) is 8.88. The number of anilines is 1. The van der Waals surface area contributed by atoms with Gasteiger partial charge >= 0.3 is 6.03 Å². The number of hydrogen-bond donors (Lipinski definition) is 1. The van der Waals surface area contributed by atoms with Crippen molar-refractivity contribution in [3.05, 3.63) is 71.4 Å². The first kappa shape index (κ1) is 16.4. The first-order chi connectivity index (χ1) is 12.6. The lowest BCUT2D eigenvalue weighted by Gasteiger charge is -2.24. The van der Waals surface area contributed by atoms with Crippen molar-refractivity contribution >= 4 is 38.8 Å². The highest BCUT2D eigenvalue weighted by Gasteiger charge is 2.19. The van der Waals surface area contributed by atoms with Gasteiger partial charge in [-0.15, -0.1) is 11.3 Å². The molecule has 1 aliphatic rings. The van der Waals surface area contributed by atoms with Gasteiger partial charge in [0.2, 0.25) is 0 Å². The van der Waals surface area contributed by atoms with Gasteiger partial charge in [0.05, 0.1) is 34.2 Å². The maximum atomic E-state index is 13.7. The van der Waals surface area contributed by atoms with Crippen LogP contribution in [-0.2, 0) is 0 Å². The topological polar surface area (TPSA) is 58.1 Å². The van der Waals surface area contributed by atoms with E-state index in [-0.39, 0.29) is 5.69 Å². The summed E-state index contributed by atoms with van der Waals surface area (Å²) < 4.78 is 14.8. The predicted molar refractivity (Wildman–Crippen MR) is 101 cm³/mol. The second-order valence-electron chi connectivity index (χ2n) is 5.93. The Bertz CT molecular complexity index is 1060. The second kappa shape index (κ2) is 6.68. The van der Waals surface area contributed by atoms with Crippen LogP contribution in [0.15, 0.2) is 54.5 Å². The smallest absolute Gasteiger partial charge is 0.305 e. The highest BCUT2D eigenvalue weighted by Crippen LogP contribution is 2.29. The molecule has 0 saturated carbocycles. The van der Waals surface area contributed by atoms with Gasteiger partial charge < -0.3 is 5.32 Å². The molecule has 0 aliphatic carbocycles. The summed E-state index contributed by atoms with van der Waals surface area (Å²) in [5.74, 6) is -0.567. The fourth-order valence-corrected chi connectivity index (χ4v) is 3.64. The molecule has 2 aromatic heterocycles. The molecule has 1 aromatic carbocycles. The summed E-state index contributed by atoms with van der Waals surface area (Å²) in [6, 6.07) is 5.19. The van der Waals surface area contributed by atoms with Gasteiger partial charge in [0.25, 0.3) is 0 Å². The Balaban J connectivity index is 1.56. The van der Waals surface area contributed by atoms with Gasteiger partial charge in [-0.25, -0.2) is 14.2 Å². The molecule has 1 aliphatic heterocycles. The maximum Gasteiger partial charge on any atom is 0.326 e. The lowest BCUT2D eigenvalue weighted by molar-refractivity contribution is 0.232. The number of aryl methyl sites for hydroxylation is 1. The van der Waals surface area contributed by atoms with E-state index in [1.165, 1.54) is 17.2 Å². The third-order valence-corrected chi connectivity index (χ3v) is 4.99. The van der Waals surface area contributed by atoms with Gasteiger partial charge in [-0.2, -0.15) is 0 Å². The Morgan fingerprint density at radius 2 is 2.27 bits per heavy atom. The molecule has 0 unspecified atom stereocenters. The summed E-state index contributed by atoms with van der Waals surface area (Å²) in [4.78, 5) is 22.1. The van der Waals surface area contributed by atoms with E-state index >= 15 is 0 Å². The number of urea groups is 1. The largest absolute Gasteiger partial charge is 0.326 e. The van der Waals surface area contributed by atoms with Crippen LogP contribution in [0.5, 0.6) is 0 Å². The van der Waals surface area contributed by atoms with Crippen LogP contribution in [0.25, 0.3) is 15.8 Å². The van der Waals surface area contributed by atoms with Crippen LogP contribution in [0.1, 0.15) is 11.1 Å². The molecule has 3 aromatic rings. The van der Waals surface area contributed by atoms with E-state index in [0.717, 1.165) is 33.1 Å². The van der Waals surface area contributed by atoms with E-state index in [1.807, 2.05) is 30.7 Å². The standard InChI is InChI=1S/C19H15FN4OS/c1-12-7-18-17(22-11-26-18)8-14(12)13-3-2-6-24(10-13)19(25)23-16-4-5-21-9-15(16)20/h2-9,11H,10H2,1H3,(H,21,23,25). The van der Waals surface area contributed by atoms with Gasteiger partial charge in [-0.05, 0) is 47.9 Å². The molecule has 0 saturated heterocycles. The molecule has 2 amide bonds. The number of nitrogens with zero attached hydrogens (tertiary/aromatic N) is 3. The van der Waals surface area contributed by atoms with Crippen LogP contribution < -0.4 is 5.32 Å². The zero-order chi connectivity index (χ0) is 18.1. The van der Waals surface area contributed by atoms with Crippen LogP contribution in [0.3, 0.4) is 0 Å². The van der Waals surface area contributed by atoms with Crippen molar-refractivity contribution in [1.29, 1.82) is 0 Å². The van der Waals surface area contributed by atoms with Gasteiger partial charge in [0.15, 0.2) is 5.82 Å². The van der Waals surface area contributed by atoms with E-state index in [0.29, 0.717) is 6.54 Å². The molecule has 7 heteroatoms. The van der Waals surface area contributed by atoms with Gasteiger partial charge in [0, 0.05) is 12.4 Å². The van der Waals surface area contributed by atoms with E-state index in [9.17, 15) is 9.18 Å². The number of aromatic nitrogens is 2. The predicted octanol–water partition coefficient (Wildman–Crippen LogP) is 4.58. The third kappa shape index (κ3) is 3.09. The van der Waals surface area contributed by atoms with Gasteiger partial charge in [0.1, 0.15) is 0 Å². The maximum absolute atomic E-state index is 13.7. The monoisotopic (exact) mass is 366 g/mol. The fraction of sp³-hybridized carbons (Fsp3) is 0.105. The van der Waals surface area contributed by atoms with E-state index in [1.54, 1.807) is 17.5 Å². The van der Waals surface area contributed by atoms with Crippen molar-refractivity contribution in [2.24, 2.45) is 0 Å². The number of fused-ring (bicyclic) bond motifs is 1. The number of amides is 2. The SMILES string of the molecule is Cc1cc2scnc2cc1C1=CC=CN(C(=O)Nc2ccncc2F)C1. The Morgan fingerprint density at radius 3 is 3.12 bits per heavy atom. The molecule has 0 bridgehead atoms. The number of thiazole rings is 1. The zero-order valence-electron chi connectivity index (χ0n) is 13.9. The number of carbonyl (C=O) groups excluding carboxylic acids is 1. The number of carbonyl (C=O) groups is 1. The number of nitrogens with one attached hydrogen (secondary N) is 1. The van der Waals surface area contributed by atoms with Crippen LogP contribution in [-0.4, -0.2) is 27.4 Å². The normalized spacial score (nSPS) is 13.8. The molecular weight excluding hydrogens is 351 g/mol. The Kier molecular flexibility index (Phi) is 4.22. The number of benzene rings is 1. The molecule has 0 radical (unpaired) electrons. The average molecular weight is 366 g/mol. The highest BCUT2D eigenvalue weighted by atomic mass is 32.1. The van der Waals surface area contributed by atoms with Crippen molar-refractivity contribution in [3.8, 4) is 0 Å². The third-order valence-electron chi connectivity index (χ3n) is 4.20. The van der Waals surface area contributed by atoms with Crippen LogP contribution >= 0.6 is 11.3 Å². The molecule has 26 heavy (non-hydrogen) atoms. The minimum atomic E-state index is -0.567. The summed E-state index contributed by atoms with van der Waals surface area (Å²) in [5, 5.41) is 2.57. The number of hydrogen-bond acceptors (Lipinski definition) is 4. The van der Waals surface area contributed by atoms with E-state index in [2.05, 4.69) is 21.4 Å². The molecule has 1 N–H and O–H groups in total. The second-order valence-corrected chi connectivity index (χ2v) is 6.82. The van der Waals surface area contributed by atoms with E-state index in [4.69, 9.17) is 0 Å². The first-order valence-electron chi connectivity index (χ1n) is 8.00. The Labute approximate surface area is 153 Å². The number of rotatable bonds is 2. The van der Waals surface area contributed by atoms with E-state index < -0.39 is 11.8 Å². The van der Waals surface area contributed by atoms with Crippen molar-refractivity contribution < 1.29 is 9.18 Å². The summed E-state index contributed by atoms with van der Waals surface area (Å²) in [5.41, 5.74) is 6.07. The Morgan fingerprint density at radius 1 is 1.38 bits per heavy atom. The summed E-state index contributed by atoms with van der Waals surface area (Å²) in [6.07, 6.45) is 7.97. The van der Waals surface area contributed by atoms with Crippen LogP contribution in [0.4, 0.5) is 14.9 Å². The molecular formula is C19H15FN4OS. The molecule has 0 fully saturated rings. The number of halogens is 1. The number of pyridine rings is 1. The molecule has 0 atom stereocenters. The van der Waals surface area contributed by atoms with Crippen LogP contribution in [0.2, 0.25) is 0 Å². The molecule has 5 nitrogen and oxygen atoms in total. The Hall–Kier alpha value is -3.06. The minimum Gasteiger partial charge on any atom is -0.305 e. The van der Waals surface area contributed by atoms with Crippen molar-refractivity contribution in [2.75, 3.05) is 11.9 Å². The van der Waals surface area contributed by atoms with Gasteiger partial charge in [-0.1, -0.05) is 6.08 Å². The number of allylic oxidation sites excluding steroid dienone is 2. The molecule has 130 valence electrons. The lowest BCUT2D eigenvalue weighted by Crippen LogP contribution is -2.33. The molecule has 3 heterocycles. The zero-order valence-corrected chi connectivity index (χ0v) is 14.8. The van der Waals surface area contributed by atoms with Crippen molar-refractivity contribution in [1.82, 2.24) is 14.9 Å². The minimum absolute atomic E-state index is 0.106. The molecule has 4 rings (SSSR count). The summed E-state index contributed by atoms with van der Waals surface area (Å²) in [7, 11) is 0. The summed E-state index contributed by atoms with van der Waals surface area (Å²) in [6.45, 7) is 2.44. The molecule has 0 spiro atoms. The van der Waals surface area contributed by atoms with Crippen molar-refractivity contribution in [2.45, 2.75) is 6.92 Å². The quantitative estimate of drug-likeness (QED) is 0.722. The lowest BCUT2D eigenvalue weighted by atomic mass is 9.98. The fourth-order valence-electron chi connectivity index (χ4n) is 2.88. The highest BCUT2D eigenvalue weighted by molar-refractivity contribution is 7.16. The summed E-state index contributed by atoms with van der Waals surface area (Å²) >= 11 is 1.61. The van der Waals surface area contributed by atoms with Crippen molar-refractivity contribution in [3.63, 3.8) is 0 Å². The average Bonchev–Trinajstić information content (AvgIpc) is 3.10. The van der Waals surface area contributed by atoms with Crippen LogP contribution in [0, 0.1) is 12.7 Å². The van der Waals surface area contributed by atoms with Gasteiger partial charge in [-0.3, -0.25) is 9.88 Å².